The van der Waals surface area contributed by atoms with Crippen LogP contribution in [0.2, 0.25) is 0 Å². The van der Waals surface area contributed by atoms with Gasteiger partial charge in [0.25, 0.3) is 0 Å². The fourth-order valence-corrected chi connectivity index (χ4v) is 3.85. The molecule has 0 aromatic rings. The minimum Gasteiger partial charge on any atom is -0.295 e. The maximum Gasteiger partial charge on any atom is 0.152 e. The summed E-state index contributed by atoms with van der Waals surface area (Å²) < 4.78 is 0. The van der Waals surface area contributed by atoms with E-state index in [1.165, 1.54) is 31.3 Å². The molecule has 17 heavy (non-hydrogen) atoms. The van der Waals surface area contributed by atoms with E-state index in [4.69, 9.17) is 0 Å². The van der Waals surface area contributed by atoms with Gasteiger partial charge in [0.05, 0.1) is 0 Å². The minimum atomic E-state index is 0.0194. The summed E-state index contributed by atoms with van der Waals surface area (Å²) in [5.41, 5.74) is 1.22. The first-order valence-corrected chi connectivity index (χ1v) is 6.79. The quantitative estimate of drug-likeness (QED) is 0.525. The maximum absolute atomic E-state index is 11.2. The molecule has 4 atom stereocenters. The molecule has 2 aliphatic carbocycles. The van der Waals surface area contributed by atoms with Crippen molar-refractivity contribution < 1.29 is 4.79 Å². The number of carbonyl (C=O) groups excluding carboxylic acids is 1. The van der Waals surface area contributed by atoms with Crippen LogP contribution in [0.4, 0.5) is 0 Å². The van der Waals surface area contributed by atoms with Gasteiger partial charge in [-0.3, -0.25) is 4.79 Å². The van der Waals surface area contributed by atoms with Crippen LogP contribution in [-0.4, -0.2) is 5.78 Å². The number of allylic oxidation sites excluding steroid dienone is 3. The maximum atomic E-state index is 11.2. The van der Waals surface area contributed by atoms with Crippen molar-refractivity contribution >= 4 is 5.78 Å². The van der Waals surface area contributed by atoms with Crippen LogP contribution in [-0.2, 0) is 4.79 Å². The van der Waals surface area contributed by atoms with Gasteiger partial charge < -0.3 is 0 Å². The summed E-state index contributed by atoms with van der Waals surface area (Å²) in [6.07, 6.45) is 9.39. The topological polar surface area (TPSA) is 17.1 Å². The third-order valence-electron chi connectivity index (χ3n) is 5.09. The van der Waals surface area contributed by atoms with E-state index in [1.807, 2.05) is 0 Å². The molecule has 0 aliphatic heterocycles. The first-order valence-electron chi connectivity index (χ1n) is 6.79. The third-order valence-corrected chi connectivity index (χ3v) is 5.09. The van der Waals surface area contributed by atoms with Gasteiger partial charge >= 0.3 is 0 Å². The number of fused-ring (bicyclic) bond motifs is 2. The van der Waals surface area contributed by atoms with Gasteiger partial charge in [0.1, 0.15) is 0 Å². The van der Waals surface area contributed by atoms with Gasteiger partial charge in [0.2, 0.25) is 0 Å². The van der Waals surface area contributed by atoms with Crippen molar-refractivity contribution in [2.45, 2.75) is 46.5 Å². The molecular weight excluding hydrogens is 208 g/mol. The second-order valence-corrected chi connectivity index (χ2v) is 6.29. The van der Waals surface area contributed by atoms with Crippen molar-refractivity contribution in [1.29, 1.82) is 0 Å². The molecule has 0 spiro atoms. The molecule has 0 heterocycles. The van der Waals surface area contributed by atoms with E-state index in [2.05, 4.69) is 26.5 Å². The molecule has 0 radical (unpaired) electrons. The Hall–Kier alpha value is -0.850. The standard InChI is InChI=1S/C16H24O/c1-11(2)16(4,8-7-12(3)17)15-10-13-5-6-14(15)9-13/h7-8,13-15H,1,5-6,9-10H2,2-4H3/b8-7-. The monoisotopic (exact) mass is 232 g/mol. The lowest BCUT2D eigenvalue weighted by Gasteiger charge is -2.39. The molecule has 2 bridgehead atoms. The SMILES string of the molecule is C=C(C)C(C)(/C=C\C(C)=O)C1CC2CCC1C2. The predicted molar refractivity (Wildman–Crippen MR) is 71.7 cm³/mol. The Morgan fingerprint density at radius 1 is 1.29 bits per heavy atom. The lowest BCUT2D eigenvalue weighted by Crippen LogP contribution is -2.30. The van der Waals surface area contributed by atoms with Crippen LogP contribution in [0.25, 0.3) is 0 Å². The summed E-state index contributed by atoms with van der Waals surface area (Å²) in [5.74, 6) is 2.64. The minimum absolute atomic E-state index is 0.0194. The summed E-state index contributed by atoms with van der Waals surface area (Å²) in [6.45, 7) is 10.2. The van der Waals surface area contributed by atoms with Crippen molar-refractivity contribution in [3.05, 3.63) is 24.3 Å². The van der Waals surface area contributed by atoms with Gasteiger partial charge in [-0.25, -0.2) is 0 Å². The van der Waals surface area contributed by atoms with Gasteiger partial charge in [-0.05, 0) is 56.9 Å². The van der Waals surface area contributed by atoms with Crippen LogP contribution in [0.5, 0.6) is 0 Å². The Morgan fingerprint density at radius 3 is 2.41 bits per heavy atom. The fourth-order valence-electron chi connectivity index (χ4n) is 3.85. The Kier molecular flexibility index (Phi) is 3.29. The molecule has 94 valence electrons. The smallest absolute Gasteiger partial charge is 0.152 e. The molecular formula is C16H24O. The second kappa shape index (κ2) is 4.44. The van der Waals surface area contributed by atoms with Crippen molar-refractivity contribution in [3.63, 3.8) is 0 Å². The number of hydrogen-bond acceptors (Lipinski definition) is 1. The molecule has 2 saturated carbocycles. The summed E-state index contributed by atoms with van der Waals surface area (Å²) >= 11 is 0. The van der Waals surface area contributed by atoms with Crippen LogP contribution in [0, 0.1) is 23.2 Å². The van der Waals surface area contributed by atoms with Gasteiger partial charge in [0.15, 0.2) is 5.78 Å². The molecule has 2 fully saturated rings. The Bertz CT molecular complexity index is 366. The van der Waals surface area contributed by atoms with Gasteiger partial charge in [-0.15, -0.1) is 0 Å². The predicted octanol–water partition coefficient (Wildman–Crippen LogP) is 4.15. The molecule has 1 nitrogen and oxygen atoms in total. The molecule has 0 amide bonds. The van der Waals surface area contributed by atoms with E-state index in [0.717, 1.165) is 11.8 Å². The van der Waals surface area contributed by atoms with Crippen LogP contribution >= 0.6 is 0 Å². The number of ketones is 1. The van der Waals surface area contributed by atoms with Crippen molar-refractivity contribution in [1.82, 2.24) is 0 Å². The first-order chi connectivity index (χ1) is 7.93. The van der Waals surface area contributed by atoms with Gasteiger partial charge in [-0.1, -0.05) is 31.6 Å². The Morgan fingerprint density at radius 2 is 2.00 bits per heavy atom. The summed E-state index contributed by atoms with van der Waals surface area (Å²) in [4.78, 5) is 11.2. The zero-order valence-electron chi connectivity index (χ0n) is 11.3. The van der Waals surface area contributed by atoms with Crippen molar-refractivity contribution in [2.24, 2.45) is 23.2 Å². The van der Waals surface area contributed by atoms with Crippen molar-refractivity contribution in [3.8, 4) is 0 Å². The molecule has 2 rings (SSSR count). The molecule has 0 aromatic carbocycles. The molecule has 0 N–H and O–H groups in total. The second-order valence-electron chi connectivity index (χ2n) is 6.29. The number of rotatable bonds is 4. The lowest BCUT2D eigenvalue weighted by atomic mass is 9.65. The van der Waals surface area contributed by atoms with Crippen LogP contribution in [0.3, 0.4) is 0 Å². The van der Waals surface area contributed by atoms with E-state index >= 15 is 0 Å². The van der Waals surface area contributed by atoms with E-state index in [1.54, 1.807) is 13.0 Å². The van der Waals surface area contributed by atoms with E-state index in [-0.39, 0.29) is 11.2 Å². The van der Waals surface area contributed by atoms with Crippen LogP contribution in [0.15, 0.2) is 24.3 Å². The fraction of sp³-hybridized carbons (Fsp3) is 0.688. The zero-order chi connectivity index (χ0) is 12.6. The highest BCUT2D eigenvalue weighted by atomic mass is 16.1. The summed E-state index contributed by atoms with van der Waals surface area (Å²) in [7, 11) is 0. The molecule has 0 saturated heterocycles. The largest absolute Gasteiger partial charge is 0.295 e. The van der Waals surface area contributed by atoms with E-state index in [9.17, 15) is 4.79 Å². The van der Waals surface area contributed by atoms with Gasteiger partial charge in [0, 0.05) is 5.41 Å². The van der Waals surface area contributed by atoms with Crippen LogP contribution < -0.4 is 0 Å². The molecule has 4 unspecified atom stereocenters. The normalized spacial score (nSPS) is 35.1. The molecule has 0 aromatic heterocycles. The van der Waals surface area contributed by atoms with Crippen molar-refractivity contribution in [2.75, 3.05) is 0 Å². The summed E-state index contributed by atoms with van der Waals surface area (Å²) in [6, 6.07) is 0. The number of carbonyl (C=O) groups is 1. The zero-order valence-corrected chi connectivity index (χ0v) is 11.3. The lowest BCUT2D eigenvalue weighted by molar-refractivity contribution is -0.112. The first kappa shape index (κ1) is 12.6. The number of hydrogen-bond donors (Lipinski definition) is 0. The van der Waals surface area contributed by atoms with Gasteiger partial charge in [-0.2, -0.15) is 0 Å². The third kappa shape index (κ3) is 2.25. The van der Waals surface area contributed by atoms with E-state index < -0.39 is 0 Å². The Balaban J connectivity index is 2.22. The highest BCUT2D eigenvalue weighted by Gasteiger charge is 2.47. The highest BCUT2D eigenvalue weighted by Crippen LogP contribution is 2.56. The van der Waals surface area contributed by atoms with Crippen LogP contribution in [0.1, 0.15) is 46.5 Å². The average molecular weight is 232 g/mol. The average Bonchev–Trinajstić information content (AvgIpc) is 2.87. The molecule has 2 aliphatic rings. The molecule has 1 heteroatoms. The highest BCUT2D eigenvalue weighted by molar-refractivity contribution is 5.87. The summed E-state index contributed by atoms with van der Waals surface area (Å²) in [5, 5.41) is 0. The Labute approximate surface area is 105 Å². The van der Waals surface area contributed by atoms with E-state index in [0.29, 0.717) is 5.92 Å².